The molecule has 0 aliphatic rings. The Morgan fingerprint density at radius 3 is 2.28 bits per heavy atom. The molecule has 0 aromatic heterocycles. The molecule has 1 rings (SSSR count). The van der Waals surface area contributed by atoms with Crippen molar-refractivity contribution in [1.82, 2.24) is 10.2 Å². The van der Waals surface area contributed by atoms with E-state index in [1.807, 2.05) is 0 Å². The van der Waals surface area contributed by atoms with Crippen molar-refractivity contribution in [3.05, 3.63) is 30.1 Å². The predicted molar refractivity (Wildman–Crippen MR) is 66.6 cm³/mol. The number of nitrogens with one attached hydrogen (secondary N) is 2. The zero-order valence-electron chi connectivity index (χ0n) is 10.4. The van der Waals surface area contributed by atoms with Crippen molar-refractivity contribution < 1.29 is 14.0 Å². The van der Waals surface area contributed by atoms with Crippen molar-refractivity contribution in [3.63, 3.8) is 0 Å². The lowest BCUT2D eigenvalue weighted by atomic mass is 10.3. The summed E-state index contributed by atoms with van der Waals surface area (Å²) in [5.41, 5.74) is 0.523. The molecule has 18 heavy (non-hydrogen) atoms. The first-order valence-corrected chi connectivity index (χ1v) is 5.46. The number of halogens is 1. The molecule has 2 amide bonds. The van der Waals surface area contributed by atoms with E-state index in [1.54, 1.807) is 11.9 Å². The summed E-state index contributed by atoms with van der Waals surface area (Å²) in [4.78, 5) is 24.3. The molecule has 0 saturated heterocycles. The van der Waals surface area contributed by atoms with E-state index in [-0.39, 0.29) is 30.7 Å². The average molecular weight is 253 g/mol. The Balaban J connectivity index is 2.41. The topological polar surface area (TPSA) is 61.4 Å². The minimum Gasteiger partial charge on any atom is -0.358 e. The van der Waals surface area contributed by atoms with Gasteiger partial charge in [-0.05, 0) is 31.3 Å². The Morgan fingerprint density at radius 2 is 1.72 bits per heavy atom. The number of likely N-dealkylation sites (N-methyl/N-ethyl adjacent to an activating group) is 2. The van der Waals surface area contributed by atoms with Crippen LogP contribution in [0.4, 0.5) is 10.1 Å². The van der Waals surface area contributed by atoms with Crippen molar-refractivity contribution in [3.8, 4) is 0 Å². The van der Waals surface area contributed by atoms with Gasteiger partial charge in [-0.1, -0.05) is 0 Å². The molecule has 98 valence electrons. The number of anilines is 1. The number of nitrogens with zero attached hydrogens (tertiary/aromatic N) is 1. The first kappa shape index (κ1) is 14.1. The normalized spacial score (nSPS) is 10.2. The summed E-state index contributed by atoms with van der Waals surface area (Å²) < 4.78 is 12.7. The van der Waals surface area contributed by atoms with Gasteiger partial charge >= 0.3 is 0 Å². The second-order valence-corrected chi connectivity index (χ2v) is 3.90. The highest BCUT2D eigenvalue weighted by atomic mass is 19.1. The fourth-order valence-corrected chi connectivity index (χ4v) is 1.36. The van der Waals surface area contributed by atoms with Gasteiger partial charge in [-0.15, -0.1) is 0 Å². The molecular weight excluding hydrogens is 237 g/mol. The second-order valence-electron chi connectivity index (χ2n) is 3.90. The minimum absolute atomic E-state index is 0.0881. The summed E-state index contributed by atoms with van der Waals surface area (Å²) in [6.45, 7) is 0.234. The number of carbonyl (C=O) groups is 2. The Hall–Kier alpha value is -1.95. The molecule has 0 aliphatic heterocycles. The van der Waals surface area contributed by atoms with Crippen molar-refractivity contribution in [2.75, 3.05) is 32.5 Å². The molecule has 0 radical (unpaired) electrons. The third kappa shape index (κ3) is 4.92. The van der Waals surface area contributed by atoms with Crippen molar-refractivity contribution >= 4 is 17.5 Å². The van der Waals surface area contributed by atoms with Crippen LogP contribution in [-0.4, -0.2) is 43.9 Å². The molecule has 1 aromatic carbocycles. The molecule has 0 unspecified atom stereocenters. The van der Waals surface area contributed by atoms with Crippen LogP contribution in [0.2, 0.25) is 0 Å². The molecule has 0 heterocycles. The van der Waals surface area contributed by atoms with Gasteiger partial charge in [0.15, 0.2) is 0 Å². The van der Waals surface area contributed by atoms with Crippen molar-refractivity contribution in [2.24, 2.45) is 0 Å². The SMILES string of the molecule is CNC(=O)CN(C)CC(=O)Nc1ccc(F)cc1. The first-order chi connectivity index (χ1) is 8.51. The van der Waals surface area contributed by atoms with Crippen LogP contribution in [0.25, 0.3) is 0 Å². The minimum atomic E-state index is -0.357. The number of amides is 2. The molecule has 5 nitrogen and oxygen atoms in total. The summed E-state index contributed by atoms with van der Waals surface area (Å²) in [5.74, 6) is -0.773. The highest BCUT2D eigenvalue weighted by Gasteiger charge is 2.09. The second kappa shape index (κ2) is 6.70. The molecule has 0 aliphatic carbocycles. The van der Waals surface area contributed by atoms with Crippen LogP contribution in [0.15, 0.2) is 24.3 Å². The Labute approximate surface area is 105 Å². The quantitative estimate of drug-likeness (QED) is 0.800. The number of hydrogen-bond acceptors (Lipinski definition) is 3. The molecule has 0 spiro atoms. The van der Waals surface area contributed by atoms with Gasteiger partial charge in [0.1, 0.15) is 5.82 Å². The van der Waals surface area contributed by atoms with Gasteiger partial charge in [-0.2, -0.15) is 0 Å². The van der Waals surface area contributed by atoms with E-state index in [4.69, 9.17) is 0 Å². The molecule has 0 saturated carbocycles. The van der Waals surface area contributed by atoms with Crippen molar-refractivity contribution in [2.45, 2.75) is 0 Å². The standard InChI is InChI=1S/C12H16FN3O2/c1-14-11(17)7-16(2)8-12(18)15-10-5-3-9(13)4-6-10/h3-6H,7-8H2,1-2H3,(H,14,17)(H,15,18). The number of rotatable bonds is 5. The molecule has 6 heteroatoms. The maximum absolute atomic E-state index is 12.7. The fraction of sp³-hybridized carbons (Fsp3) is 0.333. The third-order valence-corrected chi connectivity index (χ3v) is 2.23. The maximum atomic E-state index is 12.7. The summed E-state index contributed by atoms with van der Waals surface area (Å²) in [5, 5.41) is 5.08. The molecule has 1 aromatic rings. The Bertz CT molecular complexity index is 420. The highest BCUT2D eigenvalue weighted by molar-refractivity contribution is 5.92. The van der Waals surface area contributed by atoms with Crippen LogP contribution in [0.3, 0.4) is 0 Å². The van der Waals surface area contributed by atoms with Crippen LogP contribution in [0.1, 0.15) is 0 Å². The summed E-state index contributed by atoms with van der Waals surface area (Å²) >= 11 is 0. The highest BCUT2D eigenvalue weighted by Crippen LogP contribution is 2.07. The van der Waals surface area contributed by atoms with Gasteiger partial charge < -0.3 is 10.6 Å². The van der Waals surface area contributed by atoms with E-state index in [2.05, 4.69) is 10.6 Å². The molecule has 0 bridgehead atoms. The van der Waals surface area contributed by atoms with Gasteiger partial charge in [-0.25, -0.2) is 4.39 Å². The van der Waals surface area contributed by atoms with E-state index >= 15 is 0 Å². The average Bonchev–Trinajstić information content (AvgIpc) is 2.31. The first-order valence-electron chi connectivity index (χ1n) is 5.46. The molecule has 0 atom stereocenters. The van der Waals surface area contributed by atoms with E-state index < -0.39 is 0 Å². The van der Waals surface area contributed by atoms with Crippen molar-refractivity contribution in [1.29, 1.82) is 0 Å². The van der Waals surface area contributed by atoms with Gasteiger partial charge in [0, 0.05) is 12.7 Å². The van der Waals surface area contributed by atoms with Gasteiger partial charge in [0.2, 0.25) is 11.8 Å². The number of carbonyl (C=O) groups excluding carboxylic acids is 2. The molecule has 2 N–H and O–H groups in total. The lowest BCUT2D eigenvalue weighted by Gasteiger charge is -2.15. The van der Waals surface area contributed by atoms with Gasteiger partial charge in [-0.3, -0.25) is 14.5 Å². The maximum Gasteiger partial charge on any atom is 0.238 e. The van der Waals surface area contributed by atoms with Crippen LogP contribution in [-0.2, 0) is 9.59 Å². The monoisotopic (exact) mass is 253 g/mol. The van der Waals surface area contributed by atoms with E-state index in [0.717, 1.165) is 0 Å². The zero-order chi connectivity index (χ0) is 13.5. The summed E-state index contributed by atoms with van der Waals surface area (Å²) in [6, 6.07) is 5.49. The fourth-order valence-electron chi connectivity index (χ4n) is 1.36. The van der Waals surface area contributed by atoms with Crippen LogP contribution in [0.5, 0.6) is 0 Å². The lowest BCUT2D eigenvalue weighted by molar-refractivity contribution is -0.122. The predicted octanol–water partition coefficient (Wildman–Crippen LogP) is 0.442. The Morgan fingerprint density at radius 1 is 1.17 bits per heavy atom. The zero-order valence-corrected chi connectivity index (χ0v) is 10.4. The van der Waals surface area contributed by atoms with Crippen LogP contribution in [0, 0.1) is 5.82 Å². The van der Waals surface area contributed by atoms with Gasteiger partial charge in [0.05, 0.1) is 13.1 Å². The summed E-state index contributed by atoms with van der Waals surface area (Å²) in [7, 11) is 3.20. The largest absolute Gasteiger partial charge is 0.358 e. The third-order valence-electron chi connectivity index (χ3n) is 2.23. The van der Waals surface area contributed by atoms with Crippen LogP contribution < -0.4 is 10.6 Å². The lowest BCUT2D eigenvalue weighted by Crippen LogP contribution is -2.37. The van der Waals surface area contributed by atoms with Crippen LogP contribution >= 0.6 is 0 Å². The van der Waals surface area contributed by atoms with E-state index in [1.165, 1.54) is 31.3 Å². The number of benzene rings is 1. The van der Waals surface area contributed by atoms with E-state index in [9.17, 15) is 14.0 Å². The molecular formula is C12H16FN3O2. The molecule has 0 fully saturated rings. The summed E-state index contributed by atoms with van der Waals surface area (Å²) in [6.07, 6.45) is 0. The van der Waals surface area contributed by atoms with E-state index in [0.29, 0.717) is 5.69 Å². The van der Waals surface area contributed by atoms with Gasteiger partial charge in [0.25, 0.3) is 0 Å². The Kier molecular flexibility index (Phi) is 5.26. The smallest absolute Gasteiger partial charge is 0.238 e. The number of hydrogen-bond donors (Lipinski definition) is 2.